The van der Waals surface area contributed by atoms with E-state index in [2.05, 4.69) is 26.7 Å². The van der Waals surface area contributed by atoms with Gasteiger partial charge in [-0.1, -0.05) is 0 Å². The molecule has 0 fully saturated rings. The Morgan fingerprint density at radius 2 is 2.43 bits per heavy atom. The first-order valence-electron chi connectivity index (χ1n) is 4.46. The lowest BCUT2D eigenvalue weighted by atomic mass is 10.3. The number of aryl methyl sites for hydroxylation is 3. The van der Waals surface area contributed by atoms with E-state index in [-0.39, 0.29) is 0 Å². The SMILES string of the molecule is Cn1nnnc1CCCn1c[c]cn1. The van der Waals surface area contributed by atoms with E-state index in [0.29, 0.717) is 0 Å². The van der Waals surface area contributed by atoms with Gasteiger partial charge in [0.25, 0.3) is 0 Å². The Morgan fingerprint density at radius 3 is 3.07 bits per heavy atom. The highest BCUT2D eigenvalue weighted by atomic mass is 15.5. The maximum Gasteiger partial charge on any atom is 0.150 e. The number of aromatic nitrogens is 6. The summed E-state index contributed by atoms with van der Waals surface area (Å²) in [5, 5.41) is 15.3. The minimum Gasteiger partial charge on any atom is -0.272 e. The molecule has 1 radical (unpaired) electrons. The lowest BCUT2D eigenvalue weighted by Gasteiger charge is -1.99. The zero-order chi connectivity index (χ0) is 9.80. The van der Waals surface area contributed by atoms with Crippen molar-refractivity contribution in [3.63, 3.8) is 0 Å². The first-order chi connectivity index (χ1) is 6.86. The van der Waals surface area contributed by atoms with Gasteiger partial charge in [-0.25, -0.2) is 4.68 Å². The molecule has 6 heteroatoms. The van der Waals surface area contributed by atoms with Crippen LogP contribution in [0.3, 0.4) is 0 Å². The van der Waals surface area contributed by atoms with Gasteiger partial charge in [0.2, 0.25) is 0 Å². The lowest BCUT2D eigenvalue weighted by Crippen LogP contribution is -2.04. The van der Waals surface area contributed by atoms with E-state index in [4.69, 9.17) is 0 Å². The number of hydrogen-bond acceptors (Lipinski definition) is 4. The molecule has 0 unspecified atom stereocenters. The van der Waals surface area contributed by atoms with Crippen LogP contribution in [0.5, 0.6) is 0 Å². The third-order valence-electron chi connectivity index (χ3n) is 2.00. The third kappa shape index (κ3) is 1.95. The molecular formula is C8H11N6. The van der Waals surface area contributed by atoms with E-state index < -0.39 is 0 Å². The molecular weight excluding hydrogens is 180 g/mol. The number of hydrogen-bond donors (Lipinski definition) is 0. The Balaban J connectivity index is 1.81. The van der Waals surface area contributed by atoms with Crippen molar-refractivity contribution in [2.24, 2.45) is 7.05 Å². The molecule has 0 amide bonds. The fraction of sp³-hybridized carbons (Fsp3) is 0.500. The summed E-state index contributed by atoms with van der Waals surface area (Å²) >= 11 is 0. The average molecular weight is 191 g/mol. The second kappa shape index (κ2) is 3.99. The second-order valence-corrected chi connectivity index (χ2v) is 3.03. The van der Waals surface area contributed by atoms with Crippen LogP contribution in [0.1, 0.15) is 12.2 Å². The van der Waals surface area contributed by atoms with E-state index in [1.54, 1.807) is 10.9 Å². The molecule has 0 saturated heterocycles. The average Bonchev–Trinajstić information content (AvgIpc) is 2.78. The Hall–Kier alpha value is -1.72. The van der Waals surface area contributed by atoms with Crippen molar-refractivity contribution >= 4 is 0 Å². The number of tetrazole rings is 1. The van der Waals surface area contributed by atoms with Crippen LogP contribution >= 0.6 is 0 Å². The van der Waals surface area contributed by atoms with Gasteiger partial charge in [-0.2, -0.15) is 5.10 Å². The van der Waals surface area contributed by atoms with Crippen LogP contribution in [0, 0.1) is 6.07 Å². The quantitative estimate of drug-likeness (QED) is 0.673. The summed E-state index contributed by atoms with van der Waals surface area (Å²) in [4.78, 5) is 0. The van der Waals surface area contributed by atoms with Crippen molar-refractivity contribution in [2.75, 3.05) is 0 Å². The molecule has 73 valence electrons. The van der Waals surface area contributed by atoms with Crippen LogP contribution in [0.2, 0.25) is 0 Å². The van der Waals surface area contributed by atoms with Gasteiger partial charge < -0.3 is 0 Å². The van der Waals surface area contributed by atoms with E-state index >= 15 is 0 Å². The van der Waals surface area contributed by atoms with Gasteiger partial charge in [-0.15, -0.1) is 5.10 Å². The normalized spacial score (nSPS) is 10.6. The topological polar surface area (TPSA) is 61.4 Å². The maximum atomic E-state index is 4.06. The largest absolute Gasteiger partial charge is 0.272 e. The molecule has 0 aliphatic rings. The predicted octanol–water partition coefficient (Wildman–Crippen LogP) is -0.160. The van der Waals surface area contributed by atoms with Crippen molar-refractivity contribution in [3.05, 3.63) is 24.3 Å². The lowest BCUT2D eigenvalue weighted by molar-refractivity contribution is 0.559. The van der Waals surface area contributed by atoms with Gasteiger partial charge in [0, 0.05) is 32.3 Å². The maximum absolute atomic E-state index is 4.06. The summed E-state index contributed by atoms with van der Waals surface area (Å²) in [6.45, 7) is 0.871. The molecule has 6 nitrogen and oxygen atoms in total. The Kier molecular flexibility index (Phi) is 2.53. The molecule has 0 aliphatic carbocycles. The molecule has 0 N–H and O–H groups in total. The monoisotopic (exact) mass is 191 g/mol. The van der Waals surface area contributed by atoms with Crippen LogP contribution < -0.4 is 0 Å². The third-order valence-corrected chi connectivity index (χ3v) is 2.00. The molecule has 0 aromatic carbocycles. The van der Waals surface area contributed by atoms with Crippen LogP contribution in [-0.4, -0.2) is 30.0 Å². The summed E-state index contributed by atoms with van der Waals surface area (Å²) < 4.78 is 3.54. The fourth-order valence-corrected chi connectivity index (χ4v) is 1.24. The van der Waals surface area contributed by atoms with Gasteiger partial charge in [0.15, 0.2) is 5.82 Å². The van der Waals surface area contributed by atoms with Gasteiger partial charge >= 0.3 is 0 Å². The summed E-state index contributed by atoms with van der Waals surface area (Å²) in [6.07, 6.45) is 5.33. The molecule has 2 aromatic heterocycles. The predicted molar refractivity (Wildman–Crippen MR) is 48.2 cm³/mol. The van der Waals surface area contributed by atoms with Gasteiger partial charge in [0.05, 0.1) is 6.20 Å². The summed E-state index contributed by atoms with van der Waals surface area (Å²) in [6, 6.07) is 2.89. The summed E-state index contributed by atoms with van der Waals surface area (Å²) in [5.74, 6) is 0.904. The van der Waals surface area contributed by atoms with Gasteiger partial charge in [-0.3, -0.25) is 4.68 Å². The fourth-order valence-electron chi connectivity index (χ4n) is 1.24. The molecule has 0 aliphatic heterocycles. The highest BCUT2D eigenvalue weighted by Crippen LogP contribution is 1.97. The van der Waals surface area contributed by atoms with Crippen LogP contribution in [0.15, 0.2) is 12.4 Å². The van der Waals surface area contributed by atoms with Crippen molar-refractivity contribution < 1.29 is 0 Å². The van der Waals surface area contributed by atoms with E-state index in [1.165, 1.54) is 0 Å². The molecule has 0 atom stereocenters. The first-order valence-corrected chi connectivity index (χ1v) is 4.46. The van der Waals surface area contributed by atoms with Crippen LogP contribution in [0.25, 0.3) is 0 Å². The minimum atomic E-state index is 0.864. The zero-order valence-electron chi connectivity index (χ0n) is 7.96. The minimum absolute atomic E-state index is 0.864. The van der Waals surface area contributed by atoms with Gasteiger partial charge in [-0.05, 0) is 16.8 Å². The smallest absolute Gasteiger partial charge is 0.150 e. The van der Waals surface area contributed by atoms with E-state index in [0.717, 1.165) is 25.2 Å². The molecule has 2 heterocycles. The van der Waals surface area contributed by atoms with Crippen LogP contribution in [0.4, 0.5) is 0 Å². The van der Waals surface area contributed by atoms with E-state index in [9.17, 15) is 0 Å². The summed E-state index contributed by atoms with van der Waals surface area (Å²) in [5.41, 5.74) is 0. The van der Waals surface area contributed by atoms with Crippen molar-refractivity contribution in [1.82, 2.24) is 30.0 Å². The molecule has 2 rings (SSSR count). The van der Waals surface area contributed by atoms with E-state index in [1.807, 2.05) is 17.9 Å². The highest BCUT2D eigenvalue weighted by molar-refractivity contribution is 4.80. The first kappa shape index (κ1) is 8.86. The second-order valence-electron chi connectivity index (χ2n) is 3.03. The highest BCUT2D eigenvalue weighted by Gasteiger charge is 2.01. The molecule has 2 aromatic rings. The van der Waals surface area contributed by atoms with Gasteiger partial charge in [0.1, 0.15) is 0 Å². The standard InChI is InChI=1S/C8H11N6/c1-13-8(10-11-12-13)4-2-6-14-7-3-5-9-14/h5,7H,2,4,6H2,1H3. The Bertz CT molecular complexity index is 376. The number of nitrogens with zero attached hydrogens (tertiary/aromatic N) is 6. The number of rotatable bonds is 4. The van der Waals surface area contributed by atoms with Crippen molar-refractivity contribution in [2.45, 2.75) is 19.4 Å². The van der Waals surface area contributed by atoms with Crippen molar-refractivity contribution in [1.29, 1.82) is 0 Å². The van der Waals surface area contributed by atoms with Crippen LogP contribution in [-0.2, 0) is 20.0 Å². The Morgan fingerprint density at radius 1 is 1.50 bits per heavy atom. The molecule has 0 saturated carbocycles. The molecule has 0 bridgehead atoms. The molecule has 14 heavy (non-hydrogen) atoms. The summed E-state index contributed by atoms with van der Waals surface area (Å²) in [7, 11) is 1.84. The zero-order valence-corrected chi connectivity index (χ0v) is 7.96. The molecule has 0 spiro atoms. The van der Waals surface area contributed by atoms with Crippen molar-refractivity contribution in [3.8, 4) is 0 Å². The Labute approximate surface area is 81.5 Å².